The first-order valence-electron chi connectivity index (χ1n) is 6.55. The lowest BCUT2D eigenvalue weighted by Gasteiger charge is -2.18. The first-order chi connectivity index (χ1) is 9.70. The number of hydrogen-bond donors (Lipinski definition) is 2. The molecule has 102 valence electrons. The van der Waals surface area contributed by atoms with Crippen molar-refractivity contribution < 1.29 is 9.90 Å². The molecule has 0 saturated carbocycles. The van der Waals surface area contributed by atoms with Crippen LogP contribution < -0.4 is 5.32 Å². The van der Waals surface area contributed by atoms with Gasteiger partial charge in [-0.3, -0.25) is 0 Å². The lowest BCUT2D eigenvalue weighted by molar-refractivity contribution is 0.0698. The number of carbonyl (C=O) groups is 1. The van der Waals surface area contributed by atoms with Crippen LogP contribution in [0, 0.1) is 0 Å². The molecule has 0 spiro atoms. The summed E-state index contributed by atoms with van der Waals surface area (Å²) in [6, 6.07) is 8.25. The van der Waals surface area contributed by atoms with Gasteiger partial charge in [0.25, 0.3) is 0 Å². The zero-order chi connectivity index (χ0) is 14.1. The number of hydrogen-bond acceptors (Lipinski definition) is 3. The van der Waals surface area contributed by atoms with Gasteiger partial charge in [0.05, 0.1) is 11.9 Å². The van der Waals surface area contributed by atoms with Gasteiger partial charge in [0.2, 0.25) is 0 Å². The van der Waals surface area contributed by atoms with E-state index in [2.05, 4.69) is 29.5 Å². The molecular formula is C15H15N3O2. The van der Waals surface area contributed by atoms with E-state index in [-0.39, 0.29) is 5.56 Å². The normalized spacial score (nSPS) is 13.3. The molecule has 1 aliphatic heterocycles. The summed E-state index contributed by atoms with van der Waals surface area (Å²) < 4.78 is 1.65. The van der Waals surface area contributed by atoms with Gasteiger partial charge >= 0.3 is 5.97 Å². The number of carboxylic acid groups (broad SMARTS) is 1. The molecule has 1 aliphatic rings. The largest absolute Gasteiger partial charge is 0.477 e. The molecule has 2 N–H and O–H groups in total. The molecule has 0 aliphatic carbocycles. The first kappa shape index (κ1) is 12.5. The number of carboxylic acids is 1. The van der Waals surface area contributed by atoms with Crippen LogP contribution in [0.25, 0.3) is 5.70 Å². The molecule has 20 heavy (non-hydrogen) atoms. The van der Waals surface area contributed by atoms with Gasteiger partial charge in [-0.05, 0) is 18.1 Å². The minimum Gasteiger partial charge on any atom is -0.477 e. The molecule has 2 aromatic rings. The Balaban J connectivity index is 2.03. The monoisotopic (exact) mass is 269 g/mol. The molecule has 0 amide bonds. The first-order valence-corrected chi connectivity index (χ1v) is 6.55. The number of fused-ring (bicyclic) bond motifs is 1. The Bertz CT molecular complexity index is 684. The Morgan fingerprint density at radius 3 is 2.80 bits per heavy atom. The van der Waals surface area contributed by atoms with Gasteiger partial charge in [0.15, 0.2) is 0 Å². The second-order valence-corrected chi connectivity index (χ2v) is 4.64. The second kappa shape index (κ2) is 4.85. The standard InChI is InChI=1S/C15H15N3O2/c1-2-10-3-5-11(6-4-10)13-7-8-16-14-12(15(19)20)9-17-18(13)14/h3-7,9,16H,2,8H2,1H3,(H,19,20). The number of rotatable bonds is 3. The molecule has 1 aromatic heterocycles. The van der Waals surface area contributed by atoms with Crippen molar-refractivity contribution >= 4 is 17.5 Å². The van der Waals surface area contributed by atoms with Crippen LogP contribution in [0.4, 0.5) is 5.82 Å². The number of aromatic carboxylic acids is 1. The van der Waals surface area contributed by atoms with Gasteiger partial charge in [-0.2, -0.15) is 5.10 Å². The van der Waals surface area contributed by atoms with Gasteiger partial charge < -0.3 is 10.4 Å². The maximum absolute atomic E-state index is 11.1. The van der Waals surface area contributed by atoms with Crippen LogP contribution in [-0.2, 0) is 6.42 Å². The fourth-order valence-corrected chi connectivity index (χ4v) is 2.34. The van der Waals surface area contributed by atoms with Crippen molar-refractivity contribution in [2.75, 3.05) is 11.9 Å². The minimum absolute atomic E-state index is 0.195. The summed E-state index contributed by atoms with van der Waals surface area (Å²) in [5.74, 6) is -0.434. The molecule has 0 saturated heterocycles. The number of aromatic nitrogens is 2. The van der Waals surface area contributed by atoms with E-state index >= 15 is 0 Å². The lowest BCUT2D eigenvalue weighted by atomic mass is 10.1. The summed E-state index contributed by atoms with van der Waals surface area (Å²) in [6.45, 7) is 2.71. The number of benzene rings is 1. The van der Waals surface area contributed by atoms with Crippen molar-refractivity contribution in [1.29, 1.82) is 0 Å². The van der Waals surface area contributed by atoms with Gasteiger partial charge in [-0.25, -0.2) is 9.48 Å². The highest BCUT2D eigenvalue weighted by molar-refractivity contribution is 5.94. The fraction of sp³-hybridized carbons (Fsp3) is 0.200. The Labute approximate surface area is 116 Å². The zero-order valence-corrected chi connectivity index (χ0v) is 11.1. The van der Waals surface area contributed by atoms with E-state index in [4.69, 9.17) is 5.11 Å². The number of nitrogens with zero attached hydrogens (tertiary/aromatic N) is 2. The highest BCUT2D eigenvalue weighted by atomic mass is 16.4. The summed E-state index contributed by atoms with van der Waals surface area (Å²) in [6.07, 6.45) is 4.38. The summed E-state index contributed by atoms with van der Waals surface area (Å²) >= 11 is 0. The molecule has 0 radical (unpaired) electrons. The van der Waals surface area contributed by atoms with Gasteiger partial charge in [0.1, 0.15) is 11.4 Å². The second-order valence-electron chi connectivity index (χ2n) is 4.64. The van der Waals surface area contributed by atoms with E-state index in [1.807, 2.05) is 18.2 Å². The van der Waals surface area contributed by atoms with Crippen molar-refractivity contribution in [3.8, 4) is 0 Å². The smallest absolute Gasteiger partial charge is 0.341 e. The molecular weight excluding hydrogens is 254 g/mol. The van der Waals surface area contributed by atoms with Gasteiger partial charge in [-0.1, -0.05) is 31.2 Å². The van der Waals surface area contributed by atoms with Gasteiger partial charge in [0, 0.05) is 12.1 Å². The zero-order valence-electron chi connectivity index (χ0n) is 11.1. The van der Waals surface area contributed by atoms with Crippen molar-refractivity contribution in [3.05, 3.63) is 53.2 Å². The van der Waals surface area contributed by atoms with Crippen molar-refractivity contribution in [3.63, 3.8) is 0 Å². The Morgan fingerprint density at radius 2 is 2.15 bits per heavy atom. The maximum atomic E-state index is 11.1. The number of nitrogens with one attached hydrogen (secondary N) is 1. The summed E-state index contributed by atoms with van der Waals surface area (Å²) in [7, 11) is 0. The molecule has 0 unspecified atom stereocenters. The predicted octanol–water partition coefficient (Wildman–Crippen LogP) is 2.46. The van der Waals surface area contributed by atoms with E-state index in [1.54, 1.807) is 4.68 Å². The predicted molar refractivity (Wildman–Crippen MR) is 76.9 cm³/mol. The van der Waals surface area contributed by atoms with E-state index in [0.717, 1.165) is 17.7 Å². The number of aryl methyl sites for hydroxylation is 1. The topological polar surface area (TPSA) is 67.2 Å². The van der Waals surface area contributed by atoms with E-state index < -0.39 is 5.97 Å². The van der Waals surface area contributed by atoms with Crippen LogP contribution in [0.2, 0.25) is 0 Å². The summed E-state index contributed by atoms with van der Waals surface area (Å²) in [5.41, 5.74) is 3.41. The third-order valence-electron chi connectivity index (χ3n) is 3.45. The van der Waals surface area contributed by atoms with Crippen LogP contribution in [-0.4, -0.2) is 27.4 Å². The maximum Gasteiger partial charge on any atom is 0.341 e. The SMILES string of the molecule is CCc1ccc(C2=CCNc3c(C(=O)O)cnn32)cc1. The molecule has 3 rings (SSSR count). The Hall–Kier alpha value is -2.56. The molecule has 1 aromatic carbocycles. The van der Waals surface area contributed by atoms with Crippen molar-refractivity contribution in [2.45, 2.75) is 13.3 Å². The van der Waals surface area contributed by atoms with Crippen LogP contribution in [0.1, 0.15) is 28.4 Å². The van der Waals surface area contributed by atoms with E-state index in [0.29, 0.717) is 12.4 Å². The van der Waals surface area contributed by atoms with Crippen LogP contribution >= 0.6 is 0 Å². The van der Waals surface area contributed by atoms with Crippen LogP contribution in [0.3, 0.4) is 0 Å². The highest BCUT2D eigenvalue weighted by Gasteiger charge is 2.21. The van der Waals surface area contributed by atoms with Crippen LogP contribution in [0.5, 0.6) is 0 Å². The van der Waals surface area contributed by atoms with E-state index in [1.165, 1.54) is 11.8 Å². The van der Waals surface area contributed by atoms with Crippen LogP contribution in [0.15, 0.2) is 36.5 Å². The third kappa shape index (κ3) is 1.97. The average molecular weight is 269 g/mol. The lowest BCUT2D eigenvalue weighted by Crippen LogP contribution is -2.16. The molecule has 5 heteroatoms. The minimum atomic E-state index is -0.971. The van der Waals surface area contributed by atoms with Crippen molar-refractivity contribution in [2.24, 2.45) is 0 Å². The Kier molecular flexibility index (Phi) is 3.02. The molecule has 5 nitrogen and oxygen atoms in total. The molecule has 0 atom stereocenters. The summed E-state index contributed by atoms with van der Waals surface area (Å²) in [5, 5.41) is 16.4. The Morgan fingerprint density at radius 1 is 1.40 bits per heavy atom. The highest BCUT2D eigenvalue weighted by Crippen LogP contribution is 2.27. The van der Waals surface area contributed by atoms with E-state index in [9.17, 15) is 4.79 Å². The quantitative estimate of drug-likeness (QED) is 0.898. The summed E-state index contributed by atoms with van der Waals surface area (Å²) in [4.78, 5) is 11.1. The molecule has 0 bridgehead atoms. The average Bonchev–Trinajstić information content (AvgIpc) is 2.91. The molecule has 2 heterocycles. The fourth-order valence-electron chi connectivity index (χ4n) is 2.34. The van der Waals surface area contributed by atoms with Crippen molar-refractivity contribution in [1.82, 2.24) is 9.78 Å². The number of anilines is 1. The third-order valence-corrected chi connectivity index (χ3v) is 3.45. The van der Waals surface area contributed by atoms with Gasteiger partial charge in [-0.15, -0.1) is 0 Å². The molecule has 0 fully saturated rings.